The molecular formula is C29H31FN10O. The molecule has 3 atom stereocenters. The molecule has 210 valence electrons. The Balaban J connectivity index is 1.05. The van der Waals surface area contributed by atoms with Crippen molar-refractivity contribution in [1.29, 1.82) is 0 Å². The molecule has 5 aromatic rings. The zero-order chi connectivity index (χ0) is 28.1. The van der Waals surface area contributed by atoms with Crippen LogP contribution in [-0.4, -0.2) is 71.7 Å². The molecule has 3 N–H and O–H groups in total. The number of aromatic nitrogens is 7. The molecule has 0 amide bonds. The molecule has 1 aliphatic carbocycles. The van der Waals surface area contributed by atoms with Crippen LogP contribution in [0.4, 0.5) is 16.2 Å². The van der Waals surface area contributed by atoms with Gasteiger partial charge in [0.15, 0.2) is 5.82 Å². The minimum atomic E-state index is -0.837. The Morgan fingerprint density at radius 1 is 0.878 bits per heavy atom. The summed E-state index contributed by atoms with van der Waals surface area (Å²) in [6.45, 7) is 4.84. The van der Waals surface area contributed by atoms with E-state index >= 15 is 0 Å². The smallest absolute Gasteiger partial charge is 0.225 e. The number of hydrogen-bond donors (Lipinski definition) is 2. The molecule has 1 saturated carbocycles. The number of aliphatic hydroxyl groups is 1. The Kier molecular flexibility index (Phi) is 6.16. The van der Waals surface area contributed by atoms with E-state index in [1.165, 1.54) is 12.1 Å². The predicted molar refractivity (Wildman–Crippen MR) is 152 cm³/mol. The van der Waals surface area contributed by atoms with Gasteiger partial charge < -0.3 is 20.6 Å². The monoisotopic (exact) mass is 554 g/mol. The van der Waals surface area contributed by atoms with Gasteiger partial charge in [-0.1, -0.05) is 12.1 Å². The second kappa shape index (κ2) is 9.89. The highest BCUT2D eigenvalue weighted by Gasteiger charge is 2.31. The second-order valence-electron chi connectivity index (χ2n) is 11.0. The molecule has 2 aliphatic rings. The third-order valence-electron chi connectivity index (χ3n) is 8.41. The van der Waals surface area contributed by atoms with Crippen molar-refractivity contribution >= 4 is 17.3 Å². The third-order valence-corrected chi connectivity index (χ3v) is 8.41. The molecule has 0 spiro atoms. The maximum atomic E-state index is 13.4. The van der Waals surface area contributed by atoms with Crippen molar-refractivity contribution in [2.45, 2.75) is 37.5 Å². The van der Waals surface area contributed by atoms with Crippen molar-refractivity contribution in [2.24, 2.45) is 5.73 Å². The Morgan fingerprint density at radius 2 is 1.61 bits per heavy atom. The second-order valence-corrected chi connectivity index (χ2v) is 11.0. The predicted octanol–water partition coefficient (Wildman–Crippen LogP) is 2.77. The summed E-state index contributed by atoms with van der Waals surface area (Å²) in [5, 5.41) is 18.9. The van der Waals surface area contributed by atoms with Crippen molar-refractivity contribution in [1.82, 2.24) is 34.3 Å². The number of nitrogens with two attached hydrogens (primary N) is 1. The number of halogens is 1. The lowest BCUT2D eigenvalue weighted by Gasteiger charge is -2.35. The zero-order valence-corrected chi connectivity index (χ0v) is 22.7. The quantitative estimate of drug-likeness (QED) is 0.326. The first-order chi connectivity index (χ1) is 19.9. The van der Waals surface area contributed by atoms with E-state index in [1.807, 2.05) is 34.7 Å². The molecule has 1 saturated heterocycles. The summed E-state index contributed by atoms with van der Waals surface area (Å²) in [4.78, 5) is 18.3. The van der Waals surface area contributed by atoms with Crippen molar-refractivity contribution in [3.05, 3.63) is 84.6 Å². The van der Waals surface area contributed by atoms with E-state index in [0.29, 0.717) is 5.95 Å². The first kappa shape index (κ1) is 25.5. The summed E-state index contributed by atoms with van der Waals surface area (Å²) in [5.74, 6) is 1.23. The molecule has 41 heavy (non-hydrogen) atoms. The van der Waals surface area contributed by atoms with Gasteiger partial charge in [0.2, 0.25) is 5.95 Å². The average Bonchev–Trinajstić information content (AvgIpc) is 3.64. The summed E-state index contributed by atoms with van der Waals surface area (Å²) in [6.07, 6.45) is 12.3. The van der Waals surface area contributed by atoms with Gasteiger partial charge in [-0.2, -0.15) is 10.2 Å². The van der Waals surface area contributed by atoms with Crippen molar-refractivity contribution in [2.75, 3.05) is 36.0 Å². The highest BCUT2D eigenvalue weighted by atomic mass is 19.1. The Hall–Kier alpha value is -4.42. The number of nitrogens with zero attached hydrogens (tertiary/aromatic N) is 9. The molecule has 1 aliphatic heterocycles. The van der Waals surface area contributed by atoms with Crippen molar-refractivity contribution in [3.8, 4) is 11.1 Å². The maximum Gasteiger partial charge on any atom is 0.225 e. The molecule has 11 nitrogen and oxygen atoms in total. The molecule has 4 aromatic heterocycles. The van der Waals surface area contributed by atoms with E-state index < -0.39 is 5.54 Å². The van der Waals surface area contributed by atoms with Crippen LogP contribution in [0.25, 0.3) is 16.6 Å². The van der Waals surface area contributed by atoms with Gasteiger partial charge in [-0.3, -0.25) is 4.68 Å². The fourth-order valence-electron chi connectivity index (χ4n) is 5.59. The van der Waals surface area contributed by atoms with E-state index in [0.717, 1.165) is 72.6 Å². The Labute approximate surface area is 236 Å². The summed E-state index contributed by atoms with van der Waals surface area (Å²) >= 11 is 0. The van der Waals surface area contributed by atoms with Gasteiger partial charge in [0.05, 0.1) is 23.9 Å². The van der Waals surface area contributed by atoms with Crippen LogP contribution >= 0.6 is 0 Å². The zero-order valence-electron chi connectivity index (χ0n) is 22.7. The van der Waals surface area contributed by atoms with E-state index in [1.54, 1.807) is 30.9 Å². The molecule has 5 heterocycles. The van der Waals surface area contributed by atoms with Crippen LogP contribution < -0.4 is 15.5 Å². The van der Waals surface area contributed by atoms with Gasteiger partial charge in [0.1, 0.15) is 17.7 Å². The fourth-order valence-corrected chi connectivity index (χ4v) is 5.59. The van der Waals surface area contributed by atoms with Crippen LogP contribution in [-0.2, 0) is 5.54 Å². The summed E-state index contributed by atoms with van der Waals surface area (Å²) in [7, 11) is 0. The first-order valence-corrected chi connectivity index (χ1v) is 13.8. The highest BCUT2D eigenvalue weighted by molar-refractivity contribution is 5.77. The van der Waals surface area contributed by atoms with Gasteiger partial charge in [0.25, 0.3) is 0 Å². The van der Waals surface area contributed by atoms with Gasteiger partial charge in [-0.05, 0) is 43.5 Å². The average molecular weight is 555 g/mol. The lowest BCUT2D eigenvalue weighted by Crippen LogP contribution is -2.47. The number of fused-ring (bicyclic) bond motifs is 1. The van der Waals surface area contributed by atoms with Gasteiger partial charge in [-0.15, -0.1) is 0 Å². The number of benzene rings is 1. The number of hydrogen-bond acceptors (Lipinski definition) is 9. The van der Waals surface area contributed by atoms with Crippen LogP contribution in [0.2, 0.25) is 0 Å². The SMILES string of the molecule is CC(N)(c1ccc(F)cc1)c1cnc(N2CCN(c3ncnn4cc(-c5cnn([C@@H]6CC[C@H]6O)c5)cc34)CC2)nc1. The standard InChI is InChI=1S/C29H31FN10O/c1-29(31,21-2-4-23(30)5-3-21)22-14-32-28(33-15-22)38-10-8-37(9-11-38)27-25-12-19(16-40(25)36-18-34-27)20-13-35-39(17-20)24-6-7-26(24)41/h2-5,12-18,24,26,41H,6-11,31H2,1H3/t24-,26-,29?/m1/s1. The summed E-state index contributed by atoms with van der Waals surface area (Å²) in [6, 6.07) is 8.34. The van der Waals surface area contributed by atoms with E-state index in [-0.39, 0.29) is 18.0 Å². The molecule has 0 radical (unpaired) electrons. The minimum Gasteiger partial charge on any atom is -0.391 e. The molecule has 12 heteroatoms. The molecular weight excluding hydrogens is 523 g/mol. The van der Waals surface area contributed by atoms with Crippen LogP contribution in [0.5, 0.6) is 0 Å². The van der Waals surface area contributed by atoms with Crippen LogP contribution in [0, 0.1) is 5.82 Å². The molecule has 0 bridgehead atoms. The number of rotatable bonds is 6. The lowest BCUT2D eigenvalue weighted by molar-refractivity contribution is 0.0254. The lowest BCUT2D eigenvalue weighted by atomic mass is 9.87. The molecule has 1 unspecified atom stereocenters. The third kappa shape index (κ3) is 4.58. The fraction of sp³-hybridized carbons (Fsp3) is 0.345. The van der Waals surface area contributed by atoms with Crippen molar-refractivity contribution < 1.29 is 9.50 Å². The normalized spacial score (nSPS) is 20.7. The van der Waals surface area contributed by atoms with E-state index in [9.17, 15) is 9.50 Å². The maximum absolute atomic E-state index is 13.4. The molecule has 2 fully saturated rings. The number of piperazine rings is 1. The summed E-state index contributed by atoms with van der Waals surface area (Å²) < 4.78 is 17.1. The Morgan fingerprint density at radius 3 is 2.29 bits per heavy atom. The largest absolute Gasteiger partial charge is 0.391 e. The van der Waals surface area contributed by atoms with E-state index in [4.69, 9.17) is 5.73 Å². The number of anilines is 2. The van der Waals surface area contributed by atoms with Gasteiger partial charge in [-0.25, -0.2) is 23.9 Å². The van der Waals surface area contributed by atoms with Crippen molar-refractivity contribution in [3.63, 3.8) is 0 Å². The van der Waals surface area contributed by atoms with Gasteiger partial charge >= 0.3 is 0 Å². The topological polar surface area (TPSA) is 127 Å². The highest BCUT2D eigenvalue weighted by Crippen LogP contribution is 2.34. The number of aliphatic hydroxyl groups excluding tert-OH is 1. The molecule has 1 aromatic carbocycles. The molecule has 7 rings (SSSR count). The van der Waals surface area contributed by atoms with Crippen LogP contribution in [0.1, 0.15) is 36.9 Å². The minimum absolute atomic E-state index is 0.0576. The van der Waals surface area contributed by atoms with Gasteiger partial charge in [0, 0.05) is 67.7 Å². The van der Waals surface area contributed by atoms with E-state index in [2.05, 4.69) is 41.0 Å². The summed E-state index contributed by atoms with van der Waals surface area (Å²) in [5.41, 5.74) is 10.2. The van der Waals surface area contributed by atoms with Crippen LogP contribution in [0.15, 0.2) is 67.6 Å². The first-order valence-electron chi connectivity index (χ1n) is 13.8. The Bertz CT molecular complexity index is 1670. The van der Waals surface area contributed by atoms with Crippen LogP contribution in [0.3, 0.4) is 0 Å².